The molecular weight excluding hydrogens is 680 g/mol. The molecule has 0 unspecified atom stereocenters. The largest absolute Gasteiger partial charge is 0.507 e. The third-order valence-electron chi connectivity index (χ3n) is 8.86. The molecule has 0 spiro atoms. The van der Waals surface area contributed by atoms with E-state index in [1.807, 2.05) is 0 Å². The predicted molar refractivity (Wildman–Crippen MR) is 165 cm³/mol. The Bertz CT molecular complexity index is 1860. The maximum absolute atomic E-state index is 13.9. The maximum atomic E-state index is 13.9. The Hall–Kier alpha value is -5.39. The van der Waals surface area contributed by atoms with Crippen LogP contribution >= 0.6 is 0 Å². The molecule has 2 aliphatic carbocycles. The highest BCUT2D eigenvalue weighted by Gasteiger charge is 2.57. The monoisotopic (exact) mass is 714 g/mol. The van der Waals surface area contributed by atoms with E-state index in [1.165, 1.54) is 25.3 Å². The SMILES string of the molecule is COC(=O)[C@H]1O[C@@H](O[C@H]2C[C@](O)(C(C)=O)Cc3c(O)c4c(c(O)c32)C(=O)c2c(OC)cccc2C4=O)[C@H](OC(C)=O)[C@@H](OC(C)=O)[C@@H]1OC(C)=O. The molecule has 2 aromatic carbocycles. The zero-order chi connectivity index (χ0) is 37.7. The summed E-state index contributed by atoms with van der Waals surface area (Å²) in [7, 11) is 2.24. The molecule has 0 saturated carbocycles. The number of benzene rings is 2. The number of methoxy groups -OCH3 is 2. The van der Waals surface area contributed by atoms with Gasteiger partial charge in [-0.2, -0.15) is 0 Å². The molecule has 7 atom stereocenters. The number of hydrogen-bond acceptors (Lipinski definition) is 17. The van der Waals surface area contributed by atoms with Crippen molar-refractivity contribution in [2.24, 2.45) is 0 Å². The van der Waals surface area contributed by atoms with Crippen LogP contribution in [-0.2, 0) is 58.8 Å². The number of ketones is 3. The van der Waals surface area contributed by atoms with Crippen LogP contribution in [0.3, 0.4) is 0 Å². The molecule has 17 heteroatoms. The van der Waals surface area contributed by atoms with Crippen LogP contribution in [0.4, 0.5) is 0 Å². The van der Waals surface area contributed by atoms with Crippen LogP contribution in [-0.4, -0.2) is 107 Å². The predicted octanol–water partition coefficient (Wildman–Crippen LogP) is 0.899. The Balaban J connectivity index is 1.71. The van der Waals surface area contributed by atoms with E-state index < -0.39 is 119 Å². The summed E-state index contributed by atoms with van der Waals surface area (Å²) in [6.07, 6.45) is -12.3. The third kappa shape index (κ3) is 6.39. The van der Waals surface area contributed by atoms with Crippen LogP contribution in [0.1, 0.15) is 83.2 Å². The van der Waals surface area contributed by atoms with Crippen molar-refractivity contribution in [1.82, 2.24) is 0 Å². The van der Waals surface area contributed by atoms with E-state index in [1.54, 1.807) is 0 Å². The van der Waals surface area contributed by atoms with Crippen molar-refractivity contribution in [3.05, 3.63) is 51.6 Å². The number of aliphatic hydroxyl groups is 1. The van der Waals surface area contributed by atoms with Crippen molar-refractivity contribution in [1.29, 1.82) is 0 Å². The van der Waals surface area contributed by atoms with Crippen LogP contribution in [0, 0.1) is 0 Å². The van der Waals surface area contributed by atoms with Gasteiger partial charge in [0.15, 0.2) is 36.0 Å². The minimum atomic E-state index is -2.32. The van der Waals surface area contributed by atoms with Gasteiger partial charge < -0.3 is 48.5 Å². The second kappa shape index (κ2) is 13.7. The van der Waals surface area contributed by atoms with Crippen LogP contribution in [0.5, 0.6) is 17.2 Å². The molecule has 17 nitrogen and oxygen atoms in total. The van der Waals surface area contributed by atoms with Gasteiger partial charge >= 0.3 is 23.9 Å². The molecule has 3 N–H and O–H groups in total. The smallest absolute Gasteiger partial charge is 0.339 e. The summed E-state index contributed by atoms with van der Waals surface area (Å²) >= 11 is 0. The van der Waals surface area contributed by atoms with Crippen molar-refractivity contribution in [2.75, 3.05) is 14.2 Å². The Morgan fingerprint density at radius 3 is 1.96 bits per heavy atom. The first-order chi connectivity index (χ1) is 23.9. The van der Waals surface area contributed by atoms with E-state index in [4.69, 9.17) is 33.2 Å². The van der Waals surface area contributed by atoms with Gasteiger partial charge in [0.05, 0.1) is 37.0 Å². The molecule has 5 rings (SSSR count). The fourth-order valence-corrected chi connectivity index (χ4v) is 6.65. The van der Waals surface area contributed by atoms with Gasteiger partial charge in [0, 0.05) is 50.3 Å². The zero-order valence-electron chi connectivity index (χ0n) is 28.2. The van der Waals surface area contributed by atoms with Crippen molar-refractivity contribution in [3.8, 4) is 17.2 Å². The average molecular weight is 715 g/mol. The van der Waals surface area contributed by atoms with Crippen molar-refractivity contribution >= 4 is 41.2 Å². The topological polar surface area (TPSA) is 245 Å². The highest BCUT2D eigenvalue weighted by atomic mass is 16.7. The fraction of sp³-hybridized carbons (Fsp3) is 0.441. The van der Waals surface area contributed by atoms with Gasteiger partial charge in [0.1, 0.15) is 22.8 Å². The lowest BCUT2D eigenvalue weighted by Gasteiger charge is -2.45. The highest BCUT2D eigenvalue weighted by Crippen LogP contribution is 2.52. The van der Waals surface area contributed by atoms with E-state index >= 15 is 0 Å². The molecule has 0 amide bonds. The summed E-state index contributed by atoms with van der Waals surface area (Å²) in [4.78, 5) is 90.2. The second-order valence-corrected chi connectivity index (χ2v) is 12.1. The number of Topliss-reactive ketones (excluding diaryl/α,β-unsaturated/α-hetero) is 1. The molecule has 2 aromatic rings. The van der Waals surface area contributed by atoms with Crippen molar-refractivity contribution in [2.45, 2.75) is 82.9 Å². The highest BCUT2D eigenvalue weighted by molar-refractivity contribution is 6.31. The number of phenolic OH excluding ortho intramolecular Hbond substituents is 2. The molecule has 1 aliphatic heterocycles. The fourth-order valence-electron chi connectivity index (χ4n) is 6.65. The van der Waals surface area contributed by atoms with Gasteiger partial charge in [-0.05, 0) is 13.0 Å². The third-order valence-corrected chi connectivity index (χ3v) is 8.86. The van der Waals surface area contributed by atoms with Gasteiger partial charge in [-0.25, -0.2) is 4.79 Å². The molecule has 0 bridgehead atoms. The number of carbonyl (C=O) groups is 7. The molecule has 3 aliphatic rings. The number of ether oxygens (including phenoxy) is 7. The van der Waals surface area contributed by atoms with E-state index in [0.717, 1.165) is 34.8 Å². The van der Waals surface area contributed by atoms with Gasteiger partial charge in [0.2, 0.25) is 12.1 Å². The van der Waals surface area contributed by atoms with Gasteiger partial charge in [-0.1, -0.05) is 12.1 Å². The molecule has 51 heavy (non-hydrogen) atoms. The summed E-state index contributed by atoms with van der Waals surface area (Å²) in [5.74, 6) is -8.35. The number of carbonyl (C=O) groups excluding carboxylic acids is 7. The number of fused-ring (bicyclic) bond motifs is 3. The molecule has 272 valence electrons. The van der Waals surface area contributed by atoms with E-state index in [2.05, 4.69) is 0 Å². The number of rotatable bonds is 8. The lowest BCUT2D eigenvalue weighted by Crippen LogP contribution is -2.64. The molecular formula is C34H34O17. The molecule has 1 fully saturated rings. The summed E-state index contributed by atoms with van der Waals surface area (Å²) < 4.78 is 38.1. The maximum Gasteiger partial charge on any atom is 0.339 e. The Morgan fingerprint density at radius 1 is 0.804 bits per heavy atom. The standard InChI is InChI=1S/C34H34O17/c1-12(35)34(44)10-17-21(27(42)23-22(25(17)40)24(39)16-8-7-9-18(45-5)20(16)26(23)41)19(11-34)50-33-31(49-15(4)38)29(48-14(3)37)28(47-13(2)36)30(51-33)32(43)46-6/h7-9,19,28-31,33,40,42,44H,10-11H2,1-6H3/t19-,28-,29-,30-,31+,33+,34-/m0/s1. The molecule has 0 radical (unpaired) electrons. The molecule has 1 heterocycles. The Kier molecular flexibility index (Phi) is 9.93. The summed E-state index contributed by atoms with van der Waals surface area (Å²) in [6.45, 7) is 3.99. The number of aromatic hydroxyl groups is 2. The average Bonchev–Trinajstić information content (AvgIpc) is 3.06. The summed E-state index contributed by atoms with van der Waals surface area (Å²) in [5.41, 5.74) is -4.58. The van der Waals surface area contributed by atoms with Crippen LogP contribution < -0.4 is 4.74 Å². The number of esters is 4. The normalized spacial score (nSPS) is 26.5. The van der Waals surface area contributed by atoms with E-state index in [9.17, 15) is 48.9 Å². The van der Waals surface area contributed by atoms with Gasteiger partial charge in [0.25, 0.3) is 0 Å². The summed E-state index contributed by atoms with van der Waals surface area (Å²) in [5, 5.41) is 34.9. The minimum Gasteiger partial charge on any atom is -0.507 e. The minimum absolute atomic E-state index is 0.000562. The van der Waals surface area contributed by atoms with Gasteiger partial charge in [-0.3, -0.25) is 28.8 Å². The van der Waals surface area contributed by atoms with E-state index in [0.29, 0.717) is 0 Å². The zero-order valence-corrected chi connectivity index (χ0v) is 28.2. The molecule has 0 aromatic heterocycles. The van der Waals surface area contributed by atoms with Crippen LogP contribution in [0.25, 0.3) is 0 Å². The molecule has 1 saturated heterocycles. The van der Waals surface area contributed by atoms with Crippen LogP contribution in [0.15, 0.2) is 18.2 Å². The Labute approximate surface area is 289 Å². The second-order valence-electron chi connectivity index (χ2n) is 12.1. The summed E-state index contributed by atoms with van der Waals surface area (Å²) in [6, 6.07) is 4.19. The lowest BCUT2D eigenvalue weighted by molar-refractivity contribution is -0.314. The van der Waals surface area contributed by atoms with Gasteiger partial charge in [-0.15, -0.1) is 0 Å². The first-order valence-corrected chi connectivity index (χ1v) is 15.5. The van der Waals surface area contributed by atoms with Crippen molar-refractivity contribution in [3.63, 3.8) is 0 Å². The quantitative estimate of drug-likeness (QED) is 0.167. The van der Waals surface area contributed by atoms with E-state index in [-0.39, 0.29) is 28.0 Å². The van der Waals surface area contributed by atoms with Crippen LogP contribution in [0.2, 0.25) is 0 Å². The number of phenols is 2. The lowest BCUT2D eigenvalue weighted by atomic mass is 9.72. The first-order valence-electron chi connectivity index (χ1n) is 15.5. The number of hydrogen-bond donors (Lipinski definition) is 3. The Morgan fingerprint density at radius 2 is 1.39 bits per heavy atom. The first kappa shape index (κ1) is 36.9. The van der Waals surface area contributed by atoms with Crippen molar-refractivity contribution < 1.29 is 82.0 Å².